The predicted octanol–water partition coefficient (Wildman–Crippen LogP) is 4.57. The Balaban J connectivity index is 1.89. The average molecular weight is 399 g/mol. The fourth-order valence-corrected chi connectivity index (χ4v) is 4.91. The van der Waals surface area contributed by atoms with Gasteiger partial charge in [-0.05, 0) is 54.3 Å². The van der Waals surface area contributed by atoms with Crippen LogP contribution in [0, 0.1) is 6.92 Å². The number of nitrogens with zero attached hydrogens (tertiary/aromatic N) is 2. The van der Waals surface area contributed by atoms with Gasteiger partial charge in [-0.15, -0.1) is 11.3 Å². The summed E-state index contributed by atoms with van der Waals surface area (Å²) in [6.45, 7) is 7.66. The molecule has 2 heterocycles. The molecule has 0 radical (unpaired) electrons. The molecule has 1 unspecified atom stereocenters. The topological polar surface area (TPSA) is 40.6 Å². The van der Waals surface area contributed by atoms with Crippen molar-refractivity contribution < 1.29 is 9.59 Å². The number of benzene rings is 1. The van der Waals surface area contributed by atoms with Gasteiger partial charge >= 0.3 is 0 Å². The number of hydrogen-bond acceptors (Lipinski definition) is 3. The second kappa shape index (κ2) is 9.37. The third kappa shape index (κ3) is 4.30. The van der Waals surface area contributed by atoms with Crippen molar-refractivity contribution in [2.45, 2.75) is 52.5 Å². The SMILES string of the molecule is CCCC(=O)N(CCC)CC(=O)N1CCc2sccc2C1c1ccccc1C. The maximum Gasteiger partial charge on any atom is 0.242 e. The number of carbonyl (C=O) groups is 2. The van der Waals surface area contributed by atoms with E-state index in [0.717, 1.165) is 19.3 Å². The molecule has 0 aliphatic carbocycles. The first-order valence-electron chi connectivity index (χ1n) is 10.3. The molecular weight excluding hydrogens is 368 g/mol. The van der Waals surface area contributed by atoms with Crippen molar-refractivity contribution in [1.29, 1.82) is 0 Å². The Morgan fingerprint density at radius 2 is 1.93 bits per heavy atom. The molecule has 0 saturated carbocycles. The van der Waals surface area contributed by atoms with Crippen LogP contribution in [0.2, 0.25) is 0 Å². The summed E-state index contributed by atoms with van der Waals surface area (Å²) in [5.41, 5.74) is 3.61. The van der Waals surface area contributed by atoms with E-state index in [-0.39, 0.29) is 24.4 Å². The van der Waals surface area contributed by atoms with E-state index in [1.807, 2.05) is 30.9 Å². The van der Waals surface area contributed by atoms with E-state index in [1.54, 1.807) is 16.2 Å². The lowest BCUT2D eigenvalue weighted by atomic mass is 9.90. The molecule has 5 heteroatoms. The van der Waals surface area contributed by atoms with Crippen molar-refractivity contribution in [1.82, 2.24) is 9.80 Å². The van der Waals surface area contributed by atoms with Crippen molar-refractivity contribution in [3.05, 3.63) is 57.3 Å². The van der Waals surface area contributed by atoms with Gasteiger partial charge in [0.05, 0.1) is 12.6 Å². The Morgan fingerprint density at radius 3 is 2.64 bits per heavy atom. The zero-order valence-corrected chi connectivity index (χ0v) is 17.9. The van der Waals surface area contributed by atoms with E-state index in [1.165, 1.54) is 21.6 Å². The molecule has 1 atom stereocenters. The van der Waals surface area contributed by atoms with Crippen LogP contribution >= 0.6 is 11.3 Å². The lowest BCUT2D eigenvalue weighted by Gasteiger charge is -2.38. The van der Waals surface area contributed by atoms with Crippen LogP contribution in [0.5, 0.6) is 0 Å². The van der Waals surface area contributed by atoms with E-state index in [0.29, 0.717) is 19.5 Å². The van der Waals surface area contributed by atoms with Gasteiger partial charge in [0, 0.05) is 24.4 Å². The number of rotatable bonds is 7. The highest BCUT2D eigenvalue weighted by Crippen LogP contribution is 2.38. The molecule has 1 aliphatic heterocycles. The molecule has 28 heavy (non-hydrogen) atoms. The van der Waals surface area contributed by atoms with Crippen LogP contribution in [-0.2, 0) is 16.0 Å². The maximum absolute atomic E-state index is 13.4. The highest BCUT2D eigenvalue weighted by molar-refractivity contribution is 7.10. The maximum atomic E-state index is 13.4. The number of amides is 2. The minimum absolute atomic E-state index is 0.0445. The van der Waals surface area contributed by atoms with E-state index in [4.69, 9.17) is 0 Å². The van der Waals surface area contributed by atoms with Gasteiger partial charge in [0.1, 0.15) is 0 Å². The highest BCUT2D eigenvalue weighted by atomic mass is 32.1. The monoisotopic (exact) mass is 398 g/mol. The zero-order valence-electron chi connectivity index (χ0n) is 17.1. The second-order valence-electron chi connectivity index (χ2n) is 7.46. The first-order valence-corrected chi connectivity index (χ1v) is 11.1. The van der Waals surface area contributed by atoms with Crippen LogP contribution in [0.4, 0.5) is 0 Å². The smallest absolute Gasteiger partial charge is 0.242 e. The summed E-state index contributed by atoms with van der Waals surface area (Å²) < 4.78 is 0. The van der Waals surface area contributed by atoms with Gasteiger partial charge in [-0.3, -0.25) is 9.59 Å². The number of hydrogen-bond donors (Lipinski definition) is 0. The zero-order chi connectivity index (χ0) is 20.1. The molecule has 2 amide bonds. The van der Waals surface area contributed by atoms with Gasteiger partial charge in [0.25, 0.3) is 0 Å². The largest absolute Gasteiger partial charge is 0.333 e. The van der Waals surface area contributed by atoms with Gasteiger partial charge in [0.15, 0.2) is 0 Å². The fraction of sp³-hybridized carbons (Fsp3) is 0.478. The van der Waals surface area contributed by atoms with Gasteiger partial charge < -0.3 is 9.80 Å². The van der Waals surface area contributed by atoms with Crippen molar-refractivity contribution in [2.75, 3.05) is 19.6 Å². The van der Waals surface area contributed by atoms with Crippen molar-refractivity contribution in [3.63, 3.8) is 0 Å². The third-order valence-corrected chi connectivity index (χ3v) is 6.40. The molecule has 4 nitrogen and oxygen atoms in total. The molecule has 0 N–H and O–H groups in total. The third-order valence-electron chi connectivity index (χ3n) is 5.41. The summed E-state index contributed by atoms with van der Waals surface area (Å²) in [4.78, 5) is 30.9. The molecular formula is C23H30N2O2S. The number of thiophene rings is 1. The van der Waals surface area contributed by atoms with Crippen LogP contribution < -0.4 is 0 Å². The van der Waals surface area contributed by atoms with Crippen LogP contribution in [0.15, 0.2) is 35.7 Å². The lowest BCUT2D eigenvalue weighted by molar-refractivity contribution is -0.141. The van der Waals surface area contributed by atoms with Crippen LogP contribution in [0.3, 0.4) is 0 Å². The molecule has 0 spiro atoms. The van der Waals surface area contributed by atoms with Gasteiger partial charge in [-0.25, -0.2) is 0 Å². The van der Waals surface area contributed by atoms with Crippen LogP contribution in [-0.4, -0.2) is 41.2 Å². The molecule has 1 aromatic carbocycles. The van der Waals surface area contributed by atoms with Crippen molar-refractivity contribution in [2.24, 2.45) is 0 Å². The highest BCUT2D eigenvalue weighted by Gasteiger charge is 2.34. The van der Waals surface area contributed by atoms with E-state index in [2.05, 4.69) is 30.5 Å². The molecule has 0 saturated heterocycles. The molecule has 0 fully saturated rings. The Kier molecular flexibility index (Phi) is 6.89. The van der Waals surface area contributed by atoms with Gasteiger partial charge in [0.2, 0.25) is 11.8 Å². The summed E-state index contributed by atoms with van der Waals surface area (Å²) in [5, 5.41) is 2.12. The lowest BCUT2D eigenvalue weighted by Crippen LogP contribution is -2.47. The number of carbonyl (C=O) groups excluding carboxylic acids is 2. The first-order chi connectivity index (χ1) is 13.6. The average Bonchev–Trinajstić information content (AvgIpc) is 3.16. The Morgan fingerprint density at radius 1 is 1.14 bits per heavy atom. The quantitative estimate of drug-likeness (QED) is 0.685. The summed E-state index contributed by atoms with van der Waals surface area (Å²) >= 11 is 1.77. The fourth-order valence-electron chi connectivity index (χ4n) is 4.00. The second-order valence-corrected chi connectivity index (χ2v) is 8.46. The molecule has 150 valence electrons. The minimum atomic E-state index is -0.0616. The first kappa shape index (κ1) is 20.6. The summed E-state index contributed by atoms with van der Waals surface area (Å²) in [7, 11) is 0. The molecule has 1 aromatic heterocycles. The van der Waals surface area contributed by atoms with E-state index in [9.17, 15) is 9.59 Å². The predicted molar refractivity (Wildman–Crippen MR) is 115 cm³/mol. The molecule has 2 aromatic rings. The van der Waals surface area contributed by atoms with Crippen LogP contribution in [0.1, 0.15) is 60.7 Å². The Bertz CT molecular complexity index is 830. The Labute approximate surface area is 172 Å². The number of fused-ring (bicyclic) bond motifs is 1. The molecule has 0 bridgehead atoms. The standard InChI is InChI=1S/C23H30N2O2S/c1-4-8-21(26)24(13-5-2)16-22(27)25-14-11-20-19(12-15-28-20)23(25)18-10-7-6-9-17(18)3/h6-7,9-10,12,15,23H,4-5,8,11,13-14,16H2,1-3H3. The van der Waals surface area contributed by atoms with Gasteiger partial charge in [-0.2, -0.15) is 0 Å². The normalized spacial score (nSPS) is 16.0. The summed E-state index contributed by atoms with van der Waals surface area (Å²) in [6.07, 6.45) is 3.06. The number of aryl methyl sites for hydroxylation is 1. The van der Waals surface area contributed by atoms with Crippen LogP contribution in [0.25, 0.3) is 0 Å². The minimum Gasteiger partial charge on any atom is -0.333 e. The molecule has 3 rings (SSSR count). The summed E-state index contributed by atoms with van der Waals surface area (Å²) in [5.74, 6) is 0.126. The van der Waals surface area contributed by atoms with Crippen molar-refractivity contribution >= 4 is 23.2 Å². The van der Waals surface area contributed by atoms with E-state index >= 15 is 0 Å². The molecule has 1 aliphatic rings. The van der Waals surface area contributed by atoms with Gasteiger partial charge in [-0.1, -0.05) is 38.1 Å². The summed E-state index contributed by atoms with van der Waals surface area (Å²) in [6, 6.07) is 10.4. The van der Waals surface area contributed by atoms with Crippen molar-refractivity contribution in [3.8, 4) is 0 Å². The Hall–Kier alpha value is -2.14. The van der Waals surface area contributed by atoms with E-state index < -0.39 is 0 Å².